The van der Waals surface area contributed by atoms with Gasteiger partial charge in [-0.25, -0.2) is 4.79 Å². The van der Waals surface area contributed by atoms with Crippen LogP contribution in [0.25, 0.3) is 11.3 Å². The van der Waals surface area contributed by atoms with Gasteiger partial charge in [0, 0.05) is 37.6 Å². The first-order valence-electron chi connectivity index (χ1n) is 11.8. The van der Waals surface area contributed by atoms with Gasteiger partial charge in [0.2, 0.25) is 0 Å². The average molecular weight is 555 g/mol. The number of carbonyl (C=O) groups is 1. The number of methoxy groups -OCH3 is 3. The summed E-state index contributed by atoms with van der Waals surface area (Å²) in [6, 6.07) is 4.17. The highest BCUT2D eigenvalue weighted by atomic mass is 16.8. The Morgan fingerprint density at radius 2 is 1.64 bits per heavy atom. The summed E-state index contributed by atoms with van der Waals surface area (Å²) in [6.07, 6.45) is 2.04. The van der Waals surface area contributed by atoms with Crippen molar-refractivity contribution in [3.05, 3.63) is 51.3 Å². The molecule has 14 nitrogen and oxygen atoms in total. The summed E-state index contributed by atoms with van der Waals surface area (Å²) in [5, 5.41) is 62.3. The number of nitrogens with zero attached hydrogens (tertiary/aromatic N) is 2. The summed E-state index contributed by atoms with van der Waals surface area (Å²) >= 11 is 0. The van der Waals surface area contributed by atoms with Gasteiger partial charge in [-0.05, 0) is 38.0 Å². The predicted octanol–water partition coefficient (Wildman–Crippen LogP) is -0.929. The van der Waals surface area contributed by atoms with E-state index in [1.807, 2.05) is 25.8 Å². The van der Waals surface area contributed by atoms with Gasteiger partial charge in [0.05, 0.1) is 31.5 Å². The van der Waals surface area contributed by atoms with Crippen molar-refractivity contribution in [2.24, 2.45) is 0 Å². The SMILES string of the molecule is CCC(C)(C)N1Cc2cc(OC(O)(O)C(O)(O)C(O)(O)OC)c(COC)cc2-c2cc(=O)c(C(=O)OC)cn21. The summed E-state index contributed by atoms with van der Waals surface area (Å²) in [5.74, 6) is -13.1. The number of benzene rings is 1. The lowest BCUT2D eigenvalue weighted by Crippen LogP contribution is -2.71. The van der Waals surface area contributed by atoms with Crippen molar-refractivity contribution in [1.29, 1.82) is 0 Å². The number of fused-ring (bicyclic) bond motifs is 3. The van der Waals surface area contributed by atoms with Crippen LogP contribution in [-0.2, 0) is 27.4 Å². The molecular formula is C25H34N2O12. The molecular weight excluding hydrogens is 520 g/mol. The highest BCUT2D eigenvalue weighted by molar-refractivity contribution is 5.89. The number of aliphatic hydroxyl groups is 6. The molecule has 0 radical (unpaired) electrons. The molecule has 0 saturated heterocycles. The van der Waals surface area contributed by atoms with Crippen LogP contribution in [0.1, 0.15) is 48.7 Å². The Hall–Kier alpha value is -3.08. The monoisotopic (exact) mass is 554 g/mol. The third kappa shape index (κ3) is 5.25. The smallest absolute Gasteiger partial charge is 0.388 e. The van der Waals surface area contributed by atoms with E-state index in [-0.39, 0.29) is 30.0 Å². The van der Waals surface area contributed by atoms with Gasteiger partial charge < -0.3 is 54.6 Å². The minimum Gasteiger partial charge on any atom is -0.465 e. The van der Waals surface area contributed by atoms with Gasteiger partial charge in [0.25, 0.3) is 0 Å². The number of ether oxygens (including phenoxy) is 4. The number of aromatic nitrogens is 1. The molecule has 0 aliphatic carbocycles. The fourth-order valence-electron chi connectivity index (χ4n) is 4.09. The minimum atomic E-state index is -4.14. The Labute approximate surface area is 223 Å². The van der Waals surface area contributed by atoms with E-state index in [1.165, 1.54) is 38.6 Å². The maximum atomic E-state index is 12.9. The van der Waals surface area contributed by atoms with Crippen molar-refractivity contribution in [3.8, 4) is 17.0 Å². The first-order chi connectivity index (χ1) is 18.0. The Bertz CT molecular complexity index is 1300. The van der Waals surface area contributed by atoms with E-state index in [0.29, 0.717) is 30.4 Å². The molecule has 0 saturated carbocycles. The summed E-state index contributed by atoms with van der Waals surface area (Å²) < 4.78 is 20.9. The van der Waals surface area contributed by atoms with E-state index in [0.717, 1.165) is 0 Å². The molecule has 2 aromatic rings. The molecule has 216 valence electrons. The topological polar surface area (TPSA) is 201 Å². The van der Waals surface area contributed by atoms with Crippen LogP contribution in [0, 0.1) is 0 Å². The molecule has 6 N–H and O–H groups in total. The van der Waals surface area contributed by atoms with Crippen molar-refractivity contribution in [1.82, 2.24) is 4.68 Å². The number of esters is 1. The molecule has 2 heterocycles. The number of hydrogen-bond acceptors (Lipinski definition) is 13. The second-order valence-corrected chi connectivity index (χ2v) is 9.74. The van der Waals surface area contributed by atoms with Gasteiger partial charge in [-0.1, -0.05) is 6.92 Å². The number of hydrogen-bond donors (Lipinski definition) is 6. The zero-order chi connectivity index (χ0) is 29.6. The molecule has 39 heavy (non-hydrogen) atoms. The van der Waals surface area contributed by atoms with Crippen LogP contribution in [0.15, 0.2) is 29.2 Å². The van der Waals surface area contributed by atoms with Crippen LogP contribution < -0.4 is 15.2 Å². The molecule has 1 aliphatic heterocycles. The van der Waals surface area contributed by atoms with Crippen LogP contribution in [0.4, 0.5) is 0 Å². The third-order valence-electron chi connectivity index (χ3n) is 6.89. The van der Waals surface area contributed by atoms with Gasteiger partial charge in [0.1, 0.15) is 11.3 Å². The Balaban J connectivity index is 2.25. The second kappa shape index (κ2) is 10.5. The van der Waals surface area contributed by atoms with E-state index in [1.54, 1.807) is 4.68 Å². The normalized spacial score (nSPS) is 14.1. The van der Waals surface area contributed by atoms with Crippen molar-refractivity contribution in [3.63, 3.8) is 0 Å². The summed E-state index contributed by atoms with van der Waals surface area (Å²) in [7, 11) is 3.20. The maximum absolute atomic E-state index is 12.9. The number of carbonyl (C=O) groups excluding carboxylic acids is 1. The molecule has 1 aliphatic rings. The molecule has 0 atom stereocenters. The quantitative estimate of drug-likeness (QED) is 0.156. The lowest BCUT2D eigenvalue weighted by molar-refractivity contribution is -0.544. The Morgan fingerprint density at radius 3 is 2.18 bits per heavy atom. The van der Waals surface area contributed by atoms with E-state index in [4.69, 9.17) is 14.2 Å². The standard InChI is InChI=1S/C25H34N2O12/c1-7-22(2,3)27-11-14-9-20(39-25(34,35)23(30,31)24(32,33)38-6)15(13-36-4)8-16(14)18-10-19(28)17(12-26(18)27)21(29)37-5/h8-10,12,30-35H,7,11,13H2,1-6H3. The van der Waals surface area contributed by atoms with E-state index in [2.05, 4.69) is 4.74 Å². The maximum Gasteiger partial charge on any atom is 0.388 e. The van der Waals surface area contributed by atoms with Crippen LogP contribution in [0.3, 0.4) is 0 Å². The van der Waals surface area contributed by atoms with Crippen molar-refractivity contribution in [2.45, 2.75) is 63.6 Å². The molecule has 0 bridgehead atoms. The van der Waals surface area contributed by atoms with E-state index < -0.39 is 34.7 Å². The van der Waals surface area contributed by atoms with E-state index >= 15 is 0 Å². The van der Waals surface area contributed by atoms with Gasteiger partial charge in [0.15, 0.2) is 5.43 Å². The zero-order valence-electron chi connectivity index (χ0n) is 22.5. The second-order valence-electron chi connectivity index (χ2n) is 9.74. The summed E-state index contributed by atoms with van der Waals surface area (Å²) in [6.45, 7) is 5.84. The van der Waals surface area contributed by atoms with Crippen LogP contribution in [-0.4, -0.2) is 85.9 Å². The van der Waals surface area contributed by atoms with Crippen LogP contribution in [0.5, 0.6) is 5.75 Å². The molecule has 14 heteroatoms. The van der Waals surface area contributed by atoms with Crippen LogP contribution in [0.2, 0.25) is 0 Å². The van der Waals surface area contributed by atoms with Crippen LogP contribution >= 0.6 is 0 Å². The minimum absolute atomic E-state index is 0.165. The zero-order valence-corrected chi connectivity index (χ0v) is 22.5. The highest BCUT2D eigenvalue weighted by Crippen LogP contribution is 2.40. The fraction of sp³-hybridized carbons (Fsp3) is 0.520. The fourth-order valence-corrected chi connectivity index (χ4v) is 4.09. The molecule has 0 amide bonds. The van der Waals surface area contributed by atoms with Crippen molar-refractivity contribution >= 4 is 5.97 Å². The van der Waals surface area contributed by atoms with Crippen molar-refractivity contribution < 1.29 is 54.4 Å². The first kappa shape index (κ1) is 30.5. The molecule has 0 spiro atoms. The number of rotatable bonds is 10. The summed E-state index contributed by atoms with van der Waals surface area (Å²) in [5.41, 5.74) is 0.332. The number of pyridine rings is 1. The lowest BCUT2D eigenvalue weighted by atomic mass is 9.94. The Morgan fingerprint density at radius 1 is 1.00 bits per heavy atom. The summed E-state index contributed by atoms with van der Waals surface area (Å²) in [4.78, 5) is 25.1. The van der Waals surface area contributed by atoms with Gasteiger partial charge in [-0.15, -0.1) is 0 Å². The largest absolute Gasteiger partial charge is 0.465 e. The van der Waals surface area contributed by atoms with Gasteiger partial charge >= 0.3 is 23.7 Å². The van der Waals surface area contributed by atoms with Gasteiger partial charge in [-0.2, -0.15) is 0 Å². The van der Waals surface area contributed by atoms with Gasteiger partial charge in [-0.3, -0.25) is 9.47 Å². The molecule has 0 unspecified atom stereocenters. The van der Waals surface area contributed by atoms with Crippen molar-refractivity contribution in [2.75, 3.05) is 26.3 Å². The van der Waals surface area contributed by atoms with E-state index in [9.17, 15) is 40.2 Å². The lowest BCUT2D eigenvalue weighted by Gasteiger charge is -2.45. The molecule has 0 fully saturated rings. The molecule has 3 rings (SSSR count). The Kier molecular flexibility index (Phi) is 8.18. The molecule has 1 aromatic carbocycles. The third-order valence-corrected chi connectivity index (χ3v) is 6.89. The molecule has 1 aromatic heterocycles. The predicted molar refractivity (Wildman–Crippen MR) is 134 cm³/mol. The first-order valence-corrected chi connectivity index (χ1v) is 11.8. The average Bonchev–Trinajstić information content (AvgIpc) is 2.87. The highest BCUT2D eigenvalue weighted by Gasteiger charge is 2.66.